The Bertz CT molecular complexity index is 210. The topological polar surface area (TPSA) is 0 Å². The van der Waals surface area contributed by atoms with Crippen LogP contribution in [0.15, 0.2) is 11.6 Å². The summed E-state index contributed by atoms with van der Waals surface area (Å²) >= 11 is 0. The van der Waals surface area contributed by atoms with Crippen molar-refractivity contribution in [3.05, 3.63) is 11.6 Å². The molecule has 0 aromatic rings. The van der Waals surface area contributed by atoms with Crippen LogP contribution in [0.1, 0.15) is 60.3 Å². The third-order valence-electron chi connectivity index (χ3n) is 3.84. The summed E-state index contributed by atoms with van der Waals surface area (Å²) in [6.07, 6.45) is 8.12. The van der Waals surface area contributed by atoms with Crippen LogP contribution < -0.4 is 0 Å². The SMILES string of the molecule is CC(C)=CC(C)CCCC(C)C1CC1C. The number of hydrogen-bond donors (Lipinski definition) is 0. The summed E-state index contributed by atoms with van der Waals surface area (Å²) in [7, 11) is 0. The molecule has 0 radical (unpaired) electrons. The highest BCUT2D eigenvalue weighted by molar-refractivity contribution is 4.96. The van der Waals surface area contributed by atoms with Crippen LogP contribution in [0.5, 0.6) is 0 Å². The second-order valence-electron chi connectivity index (χ2n) is 6.01. The van der Waals surface area contributed by atoms with Gasteiger partial charge in [0.05, 0.1) is 0 Å². The first kappa shape index (κ1) is 12.8. The fourth-order valence-corrected chi connectivity index (χ4v) is 2.77. The largest absolute Gasteiger partial charge is 0.0830 e. The van der Waals surface area contributed by atoms with Gasteiger partial charge in [0.1, 0.15) is 0 Å². The molecular formula is C15H28. The van der Waals surface area contributed by atoms with Gasteiger partial charge in [0.15, 0.2) is 0 Å². The minimum absolute atomic E-state index is 0.777. The van der Waals surface area contributed by atoms with Gasteiger partial charge in [-0.25, -0.2) is 0 Å². The van der Waals surface area contributed by atoms with E-state index >= 15 is 0 Å². The van der Waals surface area contributed by atoms with Gasteiger partial charge in [-0.3, -0.25) is 0 Å². The summed E-state index contributed by atoms with van der Waals surface area (Å²) in [6, 6.07) is 0. The Morgan fingerprint density at radius 1 is 1.27 bits per heavy atom. The van der Waals surface area contributed by atoms with Crippen molar-refractivity contribution in [3.63, 3.8) is 0 Å². The zero-order valence-corrected chi connectivity index (χ0v) is 11.2. The summed E-state index contributed by atoms with van der Waals surface area (Å²) in [6.45, 7) is 11.6. The molecule has 1 saturated carbocycles. The van der Waals surface area contributed by atoms with Gasteiger partial charge in [-0.2, -0.15) is 0 Å². The van der Waals surface area contributed by atoms with Crippen LogP contribution in [-0.4, -0.2) is 0 Å². The smallest absolute Gasteiger partial charge is 0.0259 e. The lowest BCUT2D eigenvalue weighted by molar-refractivity contribution is 0.415. The molecule has 4 unspecified atom stereocenters. The van der Waals surface area contributed by atoms with E-state index in [4.69, 9.17) is 0 Å². The van der Waals surface area contributed by atoms with E-state index in [0.29, 0.717) is 0 Å². The van der Waals surface area contributed by atoms with E-state index in [9.17, 15) is 0 Å². The van der Waals surface area contributed by atoms with Crippen LogP contribution >= 0.6 is 0 Å². The lowest BCUT2D eigenvalue weighted by Gasteiger charge is -2.12. The molecule has 0 aliphatic heterocycles. The third kappa shape index (κ3) is 4.86. The zero-order chi connectivity index (χ0) is 11.4. The van der Waals surface area contributed by atoms with Gasteiger partial charge in [-0.1, -0.05) is 45.3 Å². The average molecular weight is 208 g/mol. The second kappa shape index (κ2) is 5.72. The van der Waals surface area contributed by atoms with Crippen molar-refractivity contribution >= 4 is 0 Å². The molecule has 1 aliphatic rings. The monoisotopic (exact) mass is 208 g/mol. The molecule has 15 heavy (non-hydrogen) atoms. The van der Waals surface area contributed by atoms with Crippen molar-refractivity contribution in [3.8, 4) is 0 Å². The molecule has 0 heterocycles. The first-order valence-electron chi connectivity index (χ1n) is 6.65. The predicted molar refractivity (Wildman–Crippen MR) is 68.9 cm³/mol. The van der Waals surface area contributed by atoms with E-state index in [-0.39, 0.29) is 0 Å². The lowest BCUT2D eigenvalue weighted by atomic mass is 9.94. The van der Waals surface area contributed by atoms with Crippen molar-refractivity contribution in [2.24, 2.45) is 23.7 Å². The predicted octanol–water partition coefficient (Wildman–Crippen LogP) is 5.05. The second-order valence-corrected chi connectivity index (χ2v) is 6.01. The molecule has 1 rings (SSSR count). The van der Waals surface area contributed by atoms with Gasteiger partial charge < -0.3 is 0 Å². The summed E-state index contributed by atoms with van der Waals surface area (Å²) in [5, 5.41) is 0. The van der Waals surface area contributed by atoms with Crippen molar-refractivity contribution in [1.82, 2.24) is 0 Å². The molecule has 0 nitrogen and oxygen atoms in total. The minimum Gasteiger partial charge on any atom is -0.0830 e. The Kier molecular flexibility index (Phi) is 4.89. The summed E-state index contributed by atoms with van der Waals surface area (Å²) < 4.78 is 0. The van der Waals surface area contributed by atoms with E-state index in [2.05, 4.69) is 40.7 Å². The van der Waals surface area contributed by atoms with Crippen LogP contribution in [0.4, 0.5) is 0 Å². The number of allylic oxidation sites excluding steroid dienone is 2. The molecule has 0 saturated heterocycles. The van der Waals surface area contributed by atoms with Crippen molar-refractivity contribution < 1.29 is 0 Å². The molecule has 0 aromatic carbocycles. The van der Waals surface area contributed by atoms with Gasteiger partial charge in [0.25, 0.3) is 0 Å². The van der Waals surface area contributed by atoms with Gasteiger partial charge in [-0.15, -0.1) is 0 Å². The molecule has 0 N–H and O–H groups in total. The zero-order valence-electron chi connectivity index (χ0n) is 11.2. The highest BCUT2D eigenvalue weighted by atomic mass is 14.4. The van der Waals surface area contributed by atoms with Crippen LogP contribution in [0, 0.1) is 23.7 Å². The number of rotatable bonds is 6. The van der Waals surface area contributed by atoms with E-state index in [1.54, 1.807) is 0 Å². The fraction of sp³-hybridized carbons (Fsp3) is 0.867. The highest BCUT2D eigenvalue weighted by Gasteiger charge is 2.36. The summed E-state index contributed by atoms with van der Waals surface area (Å²) in [5.74, 6) is 3.83. The van der Waals surface area contributed by atoms with E-state index in [1.807, 2.05) is 0 Å². The maximum Gasteiger partial charge on any atom is -0.0259 e. The molecule has 4 atom stereocenters. The maximum absolute atomic E-state index is 2.44. The molecule has 0 aromatic heterocycles. The highest BCUT2D eigenvalue weighted by Crippen LogP contribution is 2.45. The Morgan fingerprint density at radius 3 is 2.33 bits per heavy atom. The van der Waals surface area contributed by atoms with Gasteiger partial charge in [0, 0.05) is 0 Å². The molecule has 0 heteroatoms. The van der Waals surface area contributed by atoms with E-state index in [0.717, 1.165) is 23.7 Å². The van der Waals surface area contributed by atoms with Crippen LogP contribution in [0.3, 0.4) is 0 Å². The van der Waals surface area contributed by atoms with Gasteiger partial charge >= 0.3 is 0 Å². The Labute approximate surface area is 96.2 Å². The molecule has 0 amide bonds. The van der Waals surface area contributed by atoms with Gasteiger partial charge in [-0.05, 0) is 50.4 Å². The molecule has 1 fully saturated rings. The Hall–Kier alpha value is -0.260. The standard InChI is InChI=1S/C15H28/c1-11(2)9-12(3)7-6-8-13(4)15-10-14(15)5/h9,12-15H,6-8,10H2,1-5H3. The molecule has 88 valence electrons. The van der Waals surface area contributed by atoms with Gasteiger partial charge in [0.2, 0.25) is 0 Å². The van der Waals surface area contributed by atoms with Crippen LogP contribution in [0.25, 0.3) is 0 Å². The summed E-state index contributed by atoms with van der Waals surface area (Å²) in [4.78, 5) is 0. The van der Waals surface area contributed by atoms with Crippen LogP contribution in [-0.2, 0) is 0 Å². The third-order valence-corrected chi connectivity index (χ3v) is 3.84. The van der Waals surface area contributed by atoms with E-state index < -0.39 is 0 Å². The van der Waals surface area contributed by atoms with E-state index in [1.165, 1.54) is 31.3 Å². The molecule has 1 aliphatic carbocycles. The van der Waals surface area contributed by atoms with Crippen LogP contribution in [0.2, 0.25) is 0 Å². The number of hydrogen-bond acceptors (Lipinski definition) is 0. The quantitative estimate of drug-likeness (QED) is 0.536. The first-order chi connectivity index (χ1) is 7.00. The Balaban J connectivity index is 2.08. The minimum atomic E-state index is 0.777. The van der Waals surface area contributed by atoms with Crippen molar-refractivity contribution in [2.75, 3.05) is 0 Å². The summed E-state index contributed by atoms with van der Waals surface area (Å²) in [5.41, 5.74) is 1.46. The first-order valence-corrected chi connectivity index (χ1v) is 6.65. The molecule has 0 bridgehead atoms. The normalized spacial score (nSPS) is 28.3. The lowest BCUT2D eigenvalue weighted by Crippen LogP contribution is -2.00. The molecule has 0 spiro atoms. The van der Waals surface area contributed by atoms with Crippen molar-refractivity contribution in [1.29, 1.82) is 0 Å². The fourth-order valence-electron chi connectivity index (χ4n) is 2.77. The maximum atomic E-state index is 2.44. The van der Waals surface area contributed by atoms with Crippen molar-refractivity contribution in [2.45, 2.75) is 60.3 Å². The molecular weight excluding hydrogens is 180 g/mol. The Morgan fingerprint density at radius 2 is 1.87 bits per heavy atom. The average Bonchev–Trinajstić information content (AvgIpc) is 2.81.